The molecule has 3 rings (SSSR count). The van der Waals surface area contributed by atoms with E-state index in [0.29, 0.717) is 24.9 Å². The Kier molecular flexibility index (Phi) is 3.62. The summed E-state index contributed by atoms with van der Waals surface area (Å²) in [5.41, 5.74) is 5.46. The van der Waals surface area contributed by atoms with E-state index in [1.807, 2.05) is 25.1 Å². The van der Waals surface area contributed by atoms with Crippen LogP contribution in [0.4, 0.5) is 5.82 Å². The van der Waals surface area contributed by atoms with Gasteiger partial charge in [0.15, 0.2) is 17.3 Å². The van der Waals surface area contributed by atoms with E-state index in [0.717, 1.165) is 34.7 Å². The first-order valence-corrected chi connectivity index (χ1v) is 6.97. The van der Waals surface area contributed by atoms with Gasteiger partial charge in [-0.05, 0) is 31.5 Å². The van der Waals surface area contributed by atoms with Crippen molar-refractivity contribution in [2.75, 3.05) is 18.6 Å². The fraction of sp³-hybridized carbons (Fsp3) is 0.333. The van der Waals surface area contributed by atoms with E-state index in [4.69, 9.17) is 15.3 Å². The third-order valence-corrected chi connectivity index (χ3v) is 3.52. The lowest BCUT2D eigenvalue weighted by Crippen LogP contribution is -2.15. The minimum Gasteiger partial charge on any atom is -0.486 e. The molecule has 1 aliphatic heterocycles. The summed E-state index contributed by atoms with van der Waals surface area (Å²) >= 11 is 0. The van der Waals surface area contributed by atoms with Crippen LogP contribution in [0.5, 0.6) is 11.5 Å². The van der Waals surface area contributed by atoms with E-state index in [1.54, 1.807) is 0 Å². The molecular formula is C15H18N4O2. The molecule has 2 aromatic rings. The average molecular weight is 286 g/mol. The Morgan fingerprint density at radius 1 is 1.19 bits per heavy atom. The molecule has 0 saturated heterocycles. The number of nitrogens with two attached hydrogens (primary N) is 1. The van der Waals surface area contributed by atoms with Crippen LogP contribution in [0, 0.1) is 6.92 Å². The highest BCUT2D eigenvalue weighted by Crippen LogP contribution is 2.34. The fourth-order valence-corrected chi connectivity index (χ4v) is 2.36. The maximum Gasteiger partial charge on any atom is 0.162 e. The van der Waals surface area contributed by atoms with Gasteiger partial charge in [0.1, 0.15) is 19.0 Å². The highest BCUT2D eigenvalue weighted by molar-refractivity contribution is 5.64. The van der Waals surface area contributed by atoms with Crippen LogP contribution < -0.4 is 20.7 Å². The first-order chi connectivity index (χ1) is 10.2. The molecule has 0 fully saturated rings. The Labute approximate surface area is 123 Å². The molecule has 2 heterocycles. The number of fused-ring (bicyclic) bond motifs is 1. The fourth-order valence-electron chi connectivity index (χ4n) is 2.36. The number of hydrogen-bond acceptors (Lipinski definition) is 6. The third-order valence-electron chi connectivity index (χ3n) is 3.52. The summed E-state index contributed by atoms with van der Waals surface area (Å²) in [6.07, 6.45) is 0.820. The van der Waals surface area contributed by atoms with Crippen LogP contribution in [0.3, 0.4) is 0 Å². The topological polar surface area (TPSA) is 82.3 Å². The molecule has 0 aliphatic carbocycles. The van der Waals surface area contributed by atoms with E-state index < -0.39 is 0 Å². The van der Waals surface area contributed by atoms with Gasteiger partial charge in [0.25, 0.3) is 0 Å². The monoisotopic (exact) mass is 286 g/mol. The zero-order valence-corrected chi connectivity index (χ0v) is 12.1. The van der Waals surface area contributed by atoms with Gasteiger partial charge in [-0.1, -0.05) is 6.92 Å². The lowest BCUT2D eigenvalue weighted by Gasteiger charge is -2.19. The van der Waals surface area contributed by atoms with Crippen molar-refractivity contribution in [1.82, 2.24) is 9.97 Å². The third kappa shape index (κ3) is 2.50. The van der Waals surface area contributed by atoms with Crippen molar-refractivity contribution < 1.29 is 9.47 Å². The number of ether oxygens (including phenoxy) is 2. The van der Waals surface area contributed by atoms with Gasteiger partial charge in [0, 0.05) is 16.8 Å². The van der Waals surface area contributed by atoms with E-state index in [2.05, 4.69) is 22.3 Å². The van der Waals surface area contributed by atoms with Crippen LogP contribution in [-0.4, -0.2) is 23.2 Å². The number of nitrogens with zero attached hydrogens (tertiary/aromatic N) is 2. The number of aryl methyl sites for hydroxylation is 1. The van der Waals surface area contributed by atoms with Crippen LogP contribution in [0.15, 0.2) is 18.2 Å². The van der Waals surface area contributed by atoms with Crippen molar-refractivity contribution in [3.05, 3.63) is 29.5 Å². The standard InChI is InChI=1S/C15H18N4O2/c1-3-11-9(2)14(19-16)18-15(17-11)10-4-5-12-13(8-10)21-7-6-20-12/h4-5,8H,3,6-7,16H2,1-2H3,(H,17,18,19). The van der Waals surface area contributed by atoms with Crippen molar-refractivity contribution in [2.45, 2.75) is 20.3 Å². The zero-order chi connectivity index (χ0) is 14.8. The molecule has 0 unspecified atom stereocenters. The molecule has 21 heavy (non-hydrogen) atoms. The second-order valence-electron chi connectivity index (χ2n) is 4.82. The molecule has 110 valence electrons. The predicted octanol–water partition coefficient (Wildman–Crippen LogP) is 2.07. The average Bonchev–Trinajstić information content (AvgIpc) is 2.54. The highest BCUT2D eigenvalue weighted by Gasteiger charge is 2.15. The van der Waals surface area contributed by atoms with Crippen LogP contribution in [0.2, 0.25) is 0 Å². The van der Waals surface area contributed by atoms with E-state index in [-0.39, 0.29) is 0 Å². The van der Waals surface area contributed by atoms with E-state index >= 15 is 0 Å². The van der Waals surface area contributed by atoms with Crippen molar-refractivity contribution in [3.8, 4) is 22.9 Å². The lowest BCUT2D eigenvalue weighted by molar-refractivity contribution is 0.171. The van der Waals surface area contributed by atoms with E-state index in [1.165, 1.54) is 0 Å². The maximum atomic E-state index is 5.60. The molecule has 1 aromatic heterocycles. The van der Waals surface area contributed by atoms with Gasteiger partial charge in [-0.25, -0.2) is 15.8 Å². The van der Waals surface area contributed by atoms with Crippen molar-refractivity contribution >= 4 is 5.82 Å². The maximum absolute atomic E-state index is 5.60. The smallest absolute Gasteiger partial charge is 0.162 e. The minimum absolute atomic E-state index is 0.557. The number of hydrazine groups is 1. The van der Waals surface area contributed by atoms with Crippen LogP contribution in [0.25, 0.3) is 11.4 Å². The molecule has 6 heteroatoms. The normalized spacial score (nSPS) is 13.1. The summed E-state index contributed by atoms with van der Waals surface area (Å²) in [7, 11) is 0. The van der Waals surface area contributed by atoms with Gasteiger partial charge in [-0.3, -0.25) is 0 Å². The molecule has 1 aliphatic rings. The van der Waals surface area contributed by atoms with Gasteiger partial charge >= 0.3 is 0 Å². The molecule has 0 spiro atoms. The predicted molar refractivity (Wildman–Crippen MR) is 80.4 cm³/mol. The van der Waals surface area contributed by atoms with Crippen molar-refractivity contribution in [3.63, 3.8) is 0 Å². The van der Waals surface area contributed by atoms with Crippen LogP contribution >= 0.6 is 0 Å². The molecule has 6 nitrogen and oxygen atoms in total. The number of rotatable bonds is 3. The van der Waals surface area contributed by atoms with Crippen molar-refractivity contribution in [2.24, 2.45) is 5.84 Å². The van der Waals surface area contributed by atoms with E-state index in [9.17, 15) is 0 Å². The summed E-state index contributed by atoms with van der Waals surface area (Å²) in [6.45, 7) is 5.15. The summed E-state index contributed by atoms with van der Waals surface area (Å²) < 4.78 is 11.1. The lowest BCUT2D eigenvalue weighted by atomic mass is 10.1. The SMILES string of the molecule is CCc1nc(-c2ccc3c(c2)OCCO3)nc(NN)c1C. The number of nitrogens with one attached hydrogen (secondary N) is 1. The number of benzene rings is 1. The largest absolute Gasteiger partial charge is 0.486 e. The Balaban J connectivity index is 2.07. The molecule has 0 bridgehead atoms. The molecule has 0 atom stereocenters. The Morgan fingerprint density at radius 3 is 2.67 bits per heavy atom. The molecule has 3 N–H and O–H groups in total. The van der Waals surface area contributed by atoms with Crippen LogP contribution in [0.1, 0.15) is 18.2 Å². The van der Waals surface area contributed by atoms with Crippen molar-refractivity contribution in [1.29, 1.82) is 0 Å². The zero-order valence-electron chi connectivity index (χ0n) is 12.1. The Morgan fingerprint density at radius 2 is 1.95 bits per heavy atom. The number of anilines is 1. The number of nitrogen functional groups attached to an aromatic ring is 1. The first kappa shape index (κ1) is 13.6. The van der Waals surface area contributed by atoms with Gasteiger partial charge < -0.3 is 14.9 Å². The molecule has 0 amide bonds. The number of aromatic nitrogens is 2. The van der Waals surface area contributed by atoms with Crippen LogP contribution in [-0.2, 0) is 6.42 Å². The number of hydrogen-bond donors (Lipinski definition) is 2. The quantitative estimate of drug-likeness (QED) is 0.664. The summed E-state index contributed by atoms with van der Waals surface area (Å²) in [4.78, 5) is 9.09. The molecule has 0 radical (unpaired) electrons. The summed E-state index contributed by atoms with van der Waals surface area (Å²) in [5.74, 6) is 8.30. The summed E-state index contributed by atoms with van der Waals surface area (Å²) in [5, 5.41) is 0. The molecule has 0 saturated carbocycles. The highest BCUT2D eigenvalue weighted by atomic mass is 16.6. The van der Waals surface area contributed by atoms with Gasteiger partial charge in [0.2, 0.25) is 0 Å². The first-order valence-electron chi connectivity index (χ1n) is 6.97. The Hall–Kier alpha value is -2.34. The Bertz CT molecular complexity index is 648. The van der Waals surface area contributed by atoms with Gasteiger partial charge in [-0.15, -0.1) is 0 Å². The molecular weight excluding hydrogens is 268 g/mol. The minimum atomic E-state index is 0.557. The second kappa shape index (κ2) is 5.57. The summed E-state index contributed by atoms with van der Waals surface area (Å²) in [6, 6.07) is 5.71. The van der Waals surface area contributed by atoms with Gasteiger partial charge in [0.05, 0.1) is 0 Å². The molecule has 1 aromatic carbocycles. The van der Waals surface area contributed by atoms with Gasteiger partial charge in [-0.2, -0.15) is 0 Å². The second-order valence-corrected chi connectivity index (χ2v) is 4.82.